The maximum atomic E-state index is 12.4. The van der Waals surface area contributed by atoms with Crippen molar-refractivity contribution in [2.75, 3.05) is 6.61 Å². The van der Waals surface area contributed by atoms with E-state index in [1.807, 2.05) is 0 Å². The summed E-state index contributed by atoms with van der Waals surface area (Å²) < 4.78 is 36.5. The summed E-state index contributed by atoms with van der Waals surface area (Å²) in [7, 11) is 0. The molecule has 1 heterocycles. The maximum Gasteiger partial charge on any atom is 0.238 e. The van der Waals surface area contributed by atoms with Gasteiger partial charge in [-0.3, -0.25) is 0 Å². The van der Waals surface area contributed by atoms with E-state index in [0.29, 0.717) is 11.8 Å². The summed E-state index contributed by atoms with van der Waals surface area (Å²) >= 11 is 0. The van der Waals surface area contributed by atoms with Crippen LogP contribution < -0.4 is 0 Å². The van der Waals surface area contributed by atoms with E-state index in [4.69, 9.17) is 9.47 Å². The Kier molecular flexibility index (Phi) is 3.85. The minimum atomic E-state index is -2.14. The molecule has 2 bridgehead atoms. The van der Waals surface area contributed by atoms with Gasteiger partial charge in [0.2, 0.25) is 6.43 Å². The van der Waals surface area contributed by atoms with E-state index < -0.39 is 6.43 Å². The van der Waals surface area contributed by atoms with Crippen LogP contribution in [0.5, 0.6) is 0 Å². The van der Waals surface area contributed by atoms with E-state index in [2.05, 4.69) is 0 Å². The van der Waals surface area contributed by atoms with Gasteiger partial charge < -0.3 is 9.47 Å². The quantitative estimate of drug-likeness (QED) is 0.769. The summed E-state index contributed by atoms with van der Waals surface area (Å²) in [6.07, 6.45) is 4.50. The van der Waals surface area contributed by atoms with Gasteiger partial charge in [-0.2, -0.15) is 0 Å². The highest BCUT2D eigenvalue weighted by atomic mass is 19.3. The highest BCUT2D eigenvalue weighted by Crippen LogP contribution is 2.51. The van der Waals surface area contributed by atoms with Gasteiger partial charge in [-0.05, 0) is 56.3 Å². The van der Waals surface area contributed by atoms with Gasteiger partial charge in [0.15, 0.2) is 6.29 Å². The van der Waals surface area contributed by atoms with E-state index in [1.54, 1.807) is 0 Å². The third-order valence-electron chi connectivity index (χ3n) is 4.88. The highest BCUT2D eigenvalue weighted by molar-refractivity contribution is 4.96. The van der Waals surface area contributed by atoms with Crippen molar-refractivity contribution in [1.82, 2.24) is 0 Å². The summed E-state index contributed by atoms with van der Waals surface area (Å²) in [5, 5.41) is 0. The molecular weight excluding hydrogens is 238 g/mol. The number of hydrogen-bond donors (Lipinski definition) is 0. The first kappa shape index (κ1) is 12.8. The molecular formula is C14H22F2O2. The molecule has 0 radical (unpaired) electrons. The maximum absolute atomic E-state index is 12.4. The normalized spacial score (nSPS) is 43.8. The molecule has 18 heavy (non-hydrogen) atoms. The zero-order valence-corrected chi connectivity index (χ0v) is 10.7. The first-order valence-electron chi connectivity index (χ1n) is 7.27. The fourth-order valence-electron chi connectivity index (χ4n) is 4.04. The fraction of sp³-hybridized carbons (Fsp3) is 1.00. The lowest BCUT2D eigenvalue weighted by atomic mass is 9.85. The predicted octanol–water partition coefficient (Wildman–Crippen LogP) is 3.60. The van der Waals surface area contributed by atoms with Crippen LogP contribution >= 0.6 is 0 Å². The Morgan fingerprint density at radius 1 is 1.11 bits per heavy atom. The molecule has 0 spiro atoms. The highest BCUT2D eigenvalue weighted by Gasteiger charge is 2.47. The fourth-order valence-corrected chi connectivity index (χ4v) is 4.04. The zero-order valence-electron chi connectivity index (χ0n) is 10.7. The van der Waals surface area contributed by atoms with Crippen molar-refractivity contribution in [3.05, 3.63) is 0 Å². The number of fused-ring (bicyclic) bond motifs is 2. The summed E-state index contributed by atoms with van der Waals surface area (Å²) in [6.45, 7) is 0.805. The monoisotopic (exact) mass is 260 g/mol. The molecule has 2 aliphatic carbocycles. The Labute approximate surface area is 107 Å². The van der Waals surface area contributed by atoms with E-state index in [9.17, 15) is 8.78 Å². The number of halogens is 2. The first-order chi connectivity index (χ1) is 8.72. The molecule has 0 aromatic heterocycles. The van der Waals surface area contributed by atoms with Crippen molar-refractivity contribution in [2.24, 2.45) is 17.8 Å². The number of alkyl halides is 2. The largest absolute Gasteiger partial charge is 0.353 e. The number of rotatable bonds is 4. The molecule has 2 saturated carbocycles. The average molecular weight is 260 g/mol. The molecule has 4 heteroatoms. The third kappa shape index (κ3) is 2.69. The van der Waals surface area contributed by atoms with Crippen molar-refractivity contribution in [2.45, 2.75) is 63.8 Å². The first-order valence-corrected chi connectivity index (χ1v) is 7.27. The van der Waals surface area contributed by atoms with Gasteiger partial charge >= 0.3 is 0 Å². The van der Waals surface area contributed by atoms with Gasteiger partial charge in [-0.25, -0.2) is 8.78 Å². The van der Waals surface area contributed by atoms with Crippen LogP contribution in [0.2, 0.25) is 0 Å². The van der Waals surface area contributed by atoms with Crippen molar-refractivity contribution in [3.8, 4) is 0 Å². The molecule has 3 rings (SSSR count). The molecule has 3 aliphatic rings. The van der Waals surface area contributed by atoms with Crippen LogP contribution in [0, 0.1) is 17.8 Å². The standard InChI is InChI=1S/C14H22F2O2/c15-13(16)8-10-6-11-5-9(10)7-12(11)18-14-3-1-2-4-17-14/h9-14H,1-8H2. The minimum absolute atomic E-state index is 0.0309. The molecule has 1 aliphatic heterocycles. The molecule has 0 amide bonds. The van der Waals surface area contributed by atoms with Crippen LogP contribution in [0.15, 0.2) is 0 Å². The minimum Gasteiger partial charge on any atom is -0.353 e. The lowest BCUT2D eigenvalue weighted by Gasteiger charge is -2.32. The van der Waals surface area contributed by atoms with Crippen LogP contribution in [0.3, 0.4) is 0 Å². The smallest absolute Gasteiger partial charge is 0.238 e. The second-order valence-corrected chi connectivity index (χ2v) is 6.08. The Morgan fingerprint density at radius 2 is 2.00 bits per heavy atom. The lowest BCUT2D eigenvalue weighted by molar-refractivity contribution is -0.198. The van der Waals surface area contributed by atoms with Crippen molar-refractivity contribution in [3.63, 3.8) is 0 Å². The second-order valence-electron chi connectivity index (χ2n) is 6.08. The molecule has 2 nitrogen and oxygen atoms in total. The lowest BCUT2D eigenvalue weighted by Crippen LogP contribution is -2.32. The predicted molar refractivity (Wildman–Crippen MR) is 63.4 cm³/mol. The van der Waals surface area contributed by atoms with Gasteiger partial charge in [0.05, 0.1) is 6.10 Å². The molecule has 5 unspecified atom stereocenters. The van der Waals surface area contributed by atoms with Gasteiger partial charge in [0.1, 0.15) is 0 Å². The summed E-state index contributed by atoms with van der Waals surface area (Å²) in [5.41, 5.74) is 0. The molecule has 0 aromatic rings. The Hall–Kier alpha value is -0.220. The van der Waals surface area contributed by atoms with Crippen LogP contribution in [0.4, 0.5) is 8.78 Å². The van der Waals surface area contributed by atoms with E-state index >= 15 is 0 Å². The second kappa shape index (κ2) is 5.41. The molecule has 5 atom stereocenters. The van der Waals surface area contributed by atoms with E-state index in [1.165, 1.54) is 6.42 Å². The molecule has 1 saturated heterocycles. The van der Waals surface area contributed by atoms with Crippen LogP contribution in [0.1, 0.15) is 44.9 Å². The van der Waals surface area contributed by atoms with Gasteiger partial charge in [-0.15, -0.1) is 0 Å². The van der Waals surface area contributed by atoms with Crippen molar-refractivity contribution in [1.29, 1.82) is 0 Å². The number of ether oxygens (including phenoxy) is 2. The molecule has 3 fully saturated rings. The molecule has 104 valence electrons. The summed E-state index contributed by atoms with van der Waals surface area (Å²) in [6, 6.07) is 0. The van der Waals surface area contributed by atoms with Gasteiger partial charge in [0.25, 0.3) is 0 Å². The van der Waals surface area contributed by atoms with Gasteiger partial charge in [-0.1, -0.05) is 0 Å². The van der Waals surface area contributed by atoms with Gasteiger partial charge in [0, 0.05) is 13.0 Å². The SMILES string of the molecule is FC(F)CC1CC2CC1CC2OC1CCCCO1. The van der Waals surface area contributed by atoms with Crippen molar-refractivity contribution < 1.29 is 18.3 Å². The number of hydrogen-bond acceptors (Lipinski definition) is 2. The Morgan fingerprint density at radius 3 is 2.61 bits per heavy atom. The topological polar surface area (TPSA) is 18.5 Å². The Bertz CT molecular complexity index is 279. The van der Waals surface area contributed by atoms with E-state index in [0.717, 1.165) is 38.7 Å². The third-order valence-corrected chi connectivity index (χ3v) is 4.88. The molecule has 0 N–H and O–H groups in total. The summed E-state index contributed by atoms with van der Waals surface area (Å²) in [4.78, 5) is 0. The Balaban J connectivity index is 1.48. The summed E-state index contributed by atoms with van der Waals surface area (Å²) in [5.74, 6) is 1.21. The van der Waals surface area contributed by atoms with Crippen LogP contribution in [0.25, 0.3) is 0 Å². The zero-order chi connectivity index (χ0) is 12.5. The molecule has 0 aromatic carbocycles. The average Bonchev–Trinajstić information content (AvgIpc) is 2.89. The van der Waals surface area contributed by atoms with E-state index in [-0.39, 0.29) is 24.7 Å². The van der Waals surface area contributed by atoms with Crippen molar-refractivity contribution >= 4 is 0 Å². The van der Waals surface area contributed by atoms with Crippen LogP contribution in [-0.2, 0) is 9.47 Å². The van der Waals surface area contributed by atoms with Crippen LogP contribution in [-0.4, -0.2) is 25.4 Å².